The standard InChI is InChI=1S/C12H9N3O4/c16-10-6-13-9(5-14-10)11(17)15-8-3-1-7(2-4-8)12(18)19/h1-6H,(H,14,16)(H,15,17)(H,18,19). The Morgan fingerprint density at radius 3 is 2.42 bits per heavy atom. The summed E-state index contributed by atoms with van der Waals surface area (Å²) in [7, 11) is 0. The Balaban J connectivity index is 2.12. The van der Waals surface area contributed by atoms with Crippen LogP contribution in [0.1, 0.15) is 20.8 Å². The first kappa shape index (κ1) is 12.5. The van der Waals surface area contributed by atoms with Crippen LogP contribution >= 0.6 is 0 Å². The SMILES string of the molecule is O=C(O)c1ccc(NC(=O)c2c[nH]c(=O)cn2)cc1. The molecule has 0 atom stereocenters. The van der Waals surface area contributed by atoms with Crippen molar-refractivity contribution in [2.24, 2.45) is 0 Å². The van der Waals surface area contributed by atoms with E-state index >= 15 is 0 Å². The second-order valence-corrected chi connectivity index (χ2v) is 3.63. The molecular weight excluding hydrogens is 250 g/mol. The van der Waals surface area contributed by atoms with Crippen LogP contribution in [0.25, 0.3) is 0 Å². The fourth-order valence-electron chi connectivity index (χ4n) is 1.36. The maximum atomic E-state index is 11.7. The largest absolute Gasteiger partial charge is 0.478 e. The number of hydrogen-bond acceptors (Lipinski definition) is 4. The molecule has 1 heterocycles. The molecule has 0 bridgehead atoms. The number of aromatic carboxylic acids is 1. The first-order chi connectivity index (χ1) is 9.06. The minimum Gasteiger partial charge on any atom is -0.478 e. The van der Waals surface area contributed by atoms with Gasteiger partial charge in [0.25, 0.3) is 11.5 Å². The van der Waals surface area contributed by atoms with Crippen molar-refractivity contribution in [2.45, 2.75) is 0 Å². The smallest absolute Gasteiger partial charge is 0.335 e. The summed E-state index contributed by atoms with van der Waals surface area (Å²) in [6.07, 6.45) is 2.20. The number of H-pyrrole nitrogens is 1. The summed E-state index contributed by atoms with van der Waals surface area (Å²) in [6.45, 7) is 0. The van der Waals surface area contributed by atoms with Gasteiger partial charge in [-0.05, 0) is 24.3 Å². The van der Waals surface area contributed by atoms with Crippen LogP contribution in [-0.4, -0.2) is 27.0 Å². The molecule has 7 heteroatoms. The zero-order chi connectivity index (χ0) is 13.8. The zero-order valence-corrected chi connectivity index (χ0v) is 9.58. The molecule has 96 valence electrons. The van der Waals surface area contributed by atoms with E-state index in [0.29, 0.717) is 5.69 Å². The Morgan fingerprint density at radius 1 is 1.21 bits per heavy atom. The van der Waals surface area contributed by atoms with Gasteiger partial charge in [0.15, 0.2) is 0 Å². The molecule has 0 aliphatic heterocycles. The number of carboxylic acids is 1. The number of anilines is 1. The third-order valence-electron chi connectivity index (χ3n) is 2.29. The van der Waals surface area contributed by atoms with Crippen LogP contribution in [0.15, 0.2) is 41.5 Å². The molecule has 0 spiro atoms. The number of rotatable bonds is 3. The fraction of sp³-hybridized carbons (Fsp3) is 0. The van der Waals surface area contributed by atoms with E-state index in [0.717, 1.165) is 6.20 Å². The maximum absolute atomic E-state index is 11.7. The maximum Gasteiger partial charge on any atom is 0.335 e. The molecule has 7 nitrogen and oxygen atoms in total. The van der Waals surface area contributed by atoms with Crippen molar-refractivity contribution in [3.8, 4) is 0 Å². The van der Waals surface area contributed by atoms with Crippen LogP contribution in [-0.2, 0) is 0 Å². The molecular formula is C12H9N3O4. The number of nitrogens with zero attached hydrogens (tertiary/aromatic N) is 1. The Morgan fingerprint density at radius 2 is 1.89 bits per heavy atom. The minimum absolute atomic E-state index is 0.0573. The molecule has 1 aromatic heterocycles. The van der Waals surface area contributed by atoms with Gasteiger partial charge in [-0.25, -0.2) is 9.78 Å². The van der Waals surface area contributed by atoms with E-state index in [4.69, 9.17) is 5.11 Å². The van der Waals surface area contributed by atoms with E-state index < -0.39 is 17.4 Å². The molecule has 0 radical (unpaired) electrons. The average molecular weight is 259 g/mol. The molecule has 3 N–H and O–H groups in total. The third kappa shape index (κ3) is 3.03. The molecule has 0 aliphatic carbocycles. The number of benzene rings is 1. The van der Waals surface area contributed by atoms with Gasteiger partial charge < -0.3 is 15.4 Å². The van der Waals surface area contributed by atoms with Crippen LogP contribution in [0, 0.1) is 0 Å². The lowest BCUT2D eigenvalue weighted by atomic mass is 10.2. The first-order valence-electron chi connectivity index (χ1n) is 5.26. The second-order valence-electron chi connectivity index (χ2n) is 3.63. The predicted octanol–water partition coefficient (Wildman–Crippen LogP) is 0.720. The summed E-state index contributed by atoms with van der Waals surface area (Å²) in [4.78, 5) is 39.2. The van der Waals surface area contributed by atoms with Gasteiger partial charge in [0.2, 0.25) is 0 Å². The molecule has 0 aliphatic rings. The van der Waals surface area contributed by atoms with Gasteiger partial charge in [-0.2, -0.15) is 0 Å². The molecule has 0 saturated heterocycles. The molecule has 0 fully saturated rings. The predicted molar refractivity (Wildman–Crippen MR) is 66.2 cm³/mol. The lowest BCUT2D eigenvalue weighted by molar-refractivity contribution is 0.0696. The highest BCUT2D eigenvalue weighted by molar-refractivity contribution is 6.02. The average Bonchev–Trinajstić information content (AvgIpc) is 2.40. The third-order valence-corrected chi connectivity index (χ3v) is 2.29. The molecule has 1 amide bonds. The van der Waals surface area contributed by atoms with Gasteiger partial charge >= 0.3 is 5.97 Å². The molecule has 19 heavy (non-hydrogen) atoms. The van der Waals surface area contributed by atoms with Crippen molar-refractivity contribution in [1.29, 1.82) is 0 Å². The van der Waals surface area contributed by atoms with Crippen molar-refractivity contribution in [3.63, 3.8) is 0 Å². The number of hydrogen-bond donors (Lipinski definition) is 3. The van der Waals surface area contributed by atoms with Crippen LogP contribution in [0.2, 0.25) is 0 Å². The van der Waals surface area contributed by atoms with Gasteiger partial charge in [0.1, 0.15) is 5.69 Å². The highest BCUT2D eigenvalue weighted by atomic mass is 16.4. The van der Waals surface area contributed by atoms with Crippen molar-refractivity contribution in [3.05, 3.63) is 58.3 Å². The monoisotopic (exact) mass is 259 g/mol. The highest BCUT2D eigenvalue weighted by Gasteiger charge is 2.08. The number of aromatic amines is 1. The van der Waals surface area contributed by atoms with Crippen molar-refractivity contribution >= 4 is 17.6 Å². The van der Waals surface area contributed by atoms with E-state index in [2.05, 4.69) is 15.3 Å². The lowest BCUT2D eigenvalue weighted by Crippen LogP contribution is -2.16. The Bertz CT molecular complexity index is 656. The molecule has 1 aromatic carbocycles. The molecule has 0 saturated carbocycles. The zero-order valence-electron chi connectivity index (χ0n) is 9.58. The number of nitrogens with one attached hydrogen (secondary N) is 2. The summed E-state index contributed by atoms with van der Waals surface area (Å²) in [6, 6.07) is 5.68. The number of carbonyl (C=O) groups excluding carboxylic acids is 1. The summed E-state index contributed by atoms with van der Waals surface area (Å²) in [5, 5.41) is 11.3. The van der Waals surface area contributed by atoms with Crippen LogP contribution in [0.4, 0.5) is 5.69 Å². The molecule has 2 rings (SSSR count). The van der Waals surface area contributed by atoms with Gasteiger partial charge in [-0.1, -0.05) is 0 Å². The number of carboxylic acid groups (broad SMARTS) is 1. The van der Waals surface area contributed by atoms with Crippen molar-refractivity contribution < 1.29 is 14.7 Å². The van der Waals surface area contributed by atoms with Crippen LogP contribution < -0.4 is 10.9 Å². The van der Waals surface area contributed by atoms with E-state index in [1.165, 1.54) is 30.5 Å². The van der Waals surface area contributed by atoms with E-state index in [9.17, 15) is 14.4 Å². The summed E-state index contributed by atoms with van der Waals surface area (Å²) < 4.78 is 0. The normalized spacial score (nSPS) is 9.89. The van der Waals surface area contributed by atoms with Gasteiger partial charge in [-0.15, -0.1) is 0 Å². The fourth-order valence-corrected chi connectivity index (χ4v) is 1.36. The number of amides is 1. The summed E-state index contributed by atoms with van der Waals surface area (Å²) in [5.41, 5.74) is 0.215. The van der Waals surface area contributed by atoms with Gasteiger partial charge in [0.05, 0.1) is 11.8 Å². The van der Waals surface area contributed by atoms with Crippen LogP contribution in [0.3, 0.4) is 0 Å². The summed E-state index contributed by atoms with van der Waals surface area (Å²) in [5.74, 6) is -1.54. The quantitative estimate of drug-likeness (QED) is 0.751. The Kier molecular flexibility index (Phi) is 3.37. The van der Waals surface area contributed by atoms with Crippen LogP contribution in [0.5, 0.6) is 0 Å². The molecule has 0 unspecified atom stereocenters. The minimum atomic E-state index is -1.04. The number of aromatic nitrogens is 2. The first-order valence-corrected chi connectivity index (χ1v) is 5.26. The Labute approximate surface area is 106 Å². The summed E-state index contributed by atoms with van der Waals surface area (Å²) >= 11 is 0. The van der Waals surface area contributed by atoms with E-state index in [1.54, 1.807) is 0 Å². The van der Waals surface area contributed by atoms with Gasteiger partial charge in [0, 0.05) is 11.9 Å². The second kappa shape index (κ2) is 5.13. The topological polar surface area (TPSA) is 112 Å². The van der Waals surface area contributed by atoms with E-state index in [1.807, 2.05) is 0 Å². The van der Waals surface area contributed by atoms with Crippen molar-refractivity contribution in [1.82, 2.24) is 9.97 Å². The van der Waals surface area contributed by atoms with Gasteiger partial charge in [-0.3, -0.25) is 9.59 Å². The molecule has 2 aromatic rings. The highest BCUT2D eigenvalue weighted by Crippen LogP contribution is 2.10. The Hall–Kier alpha value is -2.96. The lowest BCUT2D eigenvalue weighted by Gasteiger charge is -2.04. The van der Waals surface area contributed by atoms with Crippen molar-refractivity contribution in [2.75, 3.05) is 5.32 Å². The van der Waals surface area contributed by atoms with E-state index in [-0.39, 0.29) is 11.3 Å². The number of carbonyl (C=O) groups is 2.